The van der Waals surface area contributed by atoms with Crippen LogP contribution in [0.2, 0.25) is 10.0 Å². The van der Waals surface area contributed by atoms with Gasteiger partial charge in [-0.2, -0.15) is 0 Å². The van der Waals surface area contributed by atoms with E-state index in [1.165, 1.54) is 12.1 Å². The Balaban J connectivity index is 1.87. The minimum Gasteiger partial charge on any atom is -0.444 e. The molecule has 1 aromatic heterocycles. The van der Waals surface area contributed by atoms with Gasteiger partial charge in [-0.25, -0.2) is 10.2 Å². The highest BCUT2D eigenvalue weighted by Crippen LogP contribution is 2.24. The standard InChI is InChI=1S/C12H8BrCl2N3O3/c13-10-4-3-9(21-10)11(19)17-18-12(20)16-6-1-2-7(14)8(15)5-6/h1-5H,(H,17,19)(H2,16,18,20). The maximum atomic E-state index is 11.6. The molecular weight excluding hydrogens is 385 g/mol. The van der Waals surface area contributed by atoms with Gasteiger partial charge in [0.25, 0.3) is 0 Å². The van der Waals surface area contributed by atoms with Gasteiger partial charge in [0.2, 0.25) is 0 Å². The Bertz CT molecular complexity index is 690. The van der Waals surface area contributed by atoms with Gasteiger partial charge in [0.1, 0.15) is 0 Å². The number of furan rings is 1. The minimum atomic E-state index is -0.646. The smallest absolute Gasteiger partial charge is 0.337 e. The molecule has 110 valence electrons. The van der Waals surface area contributed by atoms with Crippen molar-refractivity contribution in [1.82, 2.24) is 10.9 Å². The molecule has 0 atom stereocenters. The quantitative estimate of drug-likeness (QED) is 0.679. The summed E-state index contributed by atoms with van der Waals surface area (Å²) in [5, 5.41) is 3.15. The van der Waals surface area contributed by atoms with E-state index in [4.69, 9.17) is 27.6 Å². The van der Waals surface area contributed by atoms with Crippen LogP contribution >= 0.6 is 39.1 Å². The van der Waals surface area contributed by atoms with Crippen LogP contribution in [0.4, 0.5) is 10.5 Å². The van der Waals surface area contributed by atoms with E-state index in [1.54, 1.807) is 18.2 Å². The molecule has 1 heterocycles. The van der Waals surface area contributed by atoms with Gasteiger partial charge >= 0.3 is 11.9 Å². The number of benzene rings is 1. The highest BCUT2D eigenvalue weighted by Gasteiger charge is 2.11. The lowest BCUT2D eigenvalue weighted by molar-refractivity contribution is 0.0909. The first kappa shape index (κ1) is 15.7. The number of nitrogens with one attached hydrogen (secondary N) is 3. The van der Waals surface area contributed by atoms with Crippen molar-refractivity contribution in [2.75, 3.05) is 5.32 Å². The highest BCUT2D eigenvalue weighted by atomic mass is 79.9. The van der Waals surface area contributed by atoms with Gasteiger partial charge in [-0.15, -0.1) is 0 Å². The average molecular weight is 393 g/mol. The fourth-order valence-corrected chi connectivity index (χ4v) is 1.95. The molecule has 3 N–H and O–H groups in total. The number of hydrazine groups is 1. The third kappa shape index (κ3) is 4.38. The lowest BCUT2D eigenvalue weighted by Crippen LogP contribution is -2.43. The van der Waals surface area contributed by atoms with Gasteiger partial charge in [-0.3, -0.25) is 10.2 Å². The molecule has 0 aliphatic carbocycles. The second kappa shape index (κ2) is 6.84. The summed E-state index contributed by atoms with van der Waals surface area (Å²) < 4.78 is 5.44. The van der Waals surface area contributed by atoms with Crippen LogP contribution in [0.15, 0.2) is 39.4 Å². The van der Waals surface area contributed by atoms with Crippen molar-refractivity contribution in [3.05, 3.63) is 50.8 Å². The van der Waals surface area contributed by atoms with Crippen LogP contribution in [0.5, 0.6) is 0 Å². The molecule has 0 saturated carbocycles. The Hall–Kier alpha value is -1.70. The lowest BCUT2D eigenvalue weighted by atomic mass is 10.3. The second-order valence-corrected chi connectivity index (χ2v) is 5.36. The van der Waals surface area contributed by atoms with Crippen LogP contribution in [0.1, 0.15) is 10.6 Å². The maximum absolute atomic E-state index is 11.6. The summed E-state index contributed by atoms with van der Waals surface area (Å²) in [7, 11) is 0. The number of hydrogen-bond donors (Lipinski definition) is 3. The van der Waals surface area contributed by atoms with Crippen molar-refractivity contribution in [3.63, 3.8) is 0 Å². The van der Waals surface area contributed by atoms with Crippen LogP contribution in [0.25, 0.3) is 0 Å². The molecule has 0 saturated heterocycles. The Morgan fingerprint density at radius 2 is 1.81 bits per heavy atom. The van der Waals surface area contributed by atoms with Crippen molar-refractivity contribution in [3.8, 4) is 0 Å². The summed E-state index contributed by atoms with van der Waals surface area (Å²) in [5.74, 6) is -0.540. The van der Waals surface area contributed by atoms with E-state index in [0.717, 1.165) is 0 Å². The van der Waals surface area contributed by atoms with E-state index in [-0.39, 0.29) is 5.76 Å². The summed E-state index contributed by atoms with van der Waals surface area (Å²) in [4.78, 5) is 23.2. The molecular formula is C12H8BrCl2N3O3. The lowest BCUT2D eigenvalue weighted by Gasteiger charge is -2.08. The van der Waals surface area contributed by atoms with Crippen LogP contribution in [-0.2, 0) is 0 Å². The van der Waals surface area contributed by atoms with Crippen molar-refractivity contribution >= 4 is 56.8 Å². The van der Waals surface area contributed by atoms with Crippen molar-refractivity contribution in [2.24, 2.45) is 0 Å². The van der Waals surface area contributed by atoms with E-state index in [0.29, 0.717) is 20.4 Å². The normalized spacial score (nSPS) is 10.0. The summed E-state index contributed by atoms with van der Waals surface area (Å²) in [5.41, 5.74) is 4.78. The third-order valence-electron chi connectivity index (χ3n) is 2.26. The zero-order chi connectivity index (χ0) is 15.4. The number of hydrogen-bond acceptors (Lipinski definition) is 3. The first-order valence-electron chi connectivity index (χ1n) is 5.53. The number of anilines is 1. The van der Waals surface area contributed by atoms with Crippen LogP contribution in [0.3, 0.4) is 0 Å². The van der Waals surface area contributed by atoms with E-state index >= 15 is 0 Å². The third-order valence-corrected chi connectivity index (χ3v) is 3.43. The molecule has 2 aromatic rings. The van der Waals surface area contributed by atoms with Gasteiger partial charge in [0.15, 0.2) is 10.4 Å². The first-order chi connectivity index (χ1) is 9.95. The number of carbonyl (C=O) groups is 2. The van der Waals surface area contributed by atoms with Gasteiger partial charge in [-0.1, -0.05) is 23.2 Å². The summed E-state index contributed by atoms with van der Waals surface area (Å²) >= 11 is 14.6. The number of amides is 3. The molecule has 1 aromatic carbocycles. The molecule has 0 unspecified atom stereocenters. The number of urea groups is 1. The van der Waals surface area contributed by atoms with E-state index in [2.05, 4.69) is 32.1 Å². The van der Waals surface area contributed by atoms with Crippen molar-refractivity contribution in [2.45, 2.75) is 0 Å². The van der Waals surface area contributed by atoms with Gasteiger partial charge in [0, 0.05) is 5.69 Å². The molecule has 9 heteroatoms. The molecule has 0 aliphatic heterocycles. The predicted molar refractivity (Wildman–Crippen MR) is 82.5 cm³/mol. The first-order valence-corrected chi connectivity index (χ1v) is 7.08. The predicted octanol–water partition coefficient (Wildman–Crippen LogP) is 3.82. The topological polar surface area (TPSA) is 83.4 Å². The van der Waals surface area contributed by atoms with Gasteiger partial charge in [-0.05, 0) is 46.3 Å². The summed E-state index contributed by atoms with van der Waals surface area (Å²) in [6.07, 6.45) is 0. The molecule has 0 aliphatic rings. The Morgan fingerprint density at radius 3 is 2.43 bits per heavy atom. The number of halogens is 3. The Kier molecular flexibility index (Phi) is 5.11. The number of rotatable bonds is 2. The molecule has 0 radical (unpaired) electrons. The van der Waals surface area contributed by atoms with Crippen LogP contribution in [-0.4, -0.2) is 11.9 Å². The molecule has 0 fully saturated rings. The molecule has 2 rings (SSSR count). The minimum absolute atomic E-state index is 0.0525. The molecule has 21 heavy (non-hydrogen) atoms. The average Bonchev–Trinajstić information content (AvgIpc) is 2.87. The van der Waals surface area contributed by atoms with Gasteiger partial charge in [0.05, 0.1) is 10.0 Å². The fourth-order valence-electron chi connectivity index (χ4n) is 1.35. The zero-order valence-electron chi connectivity index (χ0n) is 10.2. The SMILES string of the molecule is O=C(NNC(=O)c1ccc(Br)o1)Nc1ccc(Cl)c(Cl)c1. The Labute approximate surface area is 137 Å². The summed E-state index contributed by atoms with van der Waals surface area (Å²) in [6.45, 7) is 0. The zero-order valence-corrected chi connectivity index (χ0v) is 13.3. The van der Waals surface area contributed by atoms with Crippen molar-refractivity contribution < 1.29 is 14.0 Å². The molecule has 6 nitrogen and oxygen atoms in total. The molecule has 0 bridgehead atoms. The van der Waals surface area contributed by atoms with E-state index < -0.39 is 11.9 Å². The van der Waals surface area contributed by atoms with E-state index in [1.807, 2.05) is 0 Å². The maximum Gasteiger partial charge on any atom is 0.337 e. The fraction of sp³-hybridized carbons (Fsp3) is 0. The largest absolute Gasteiger partial charge is 0.444 e. The van der Waals surface area contributed by atoms with E-state index in [9.17, 15) is 9.59 Å². The molecule has 3 amide bonds. The van der Waals surface area contributed by atoms with Crippen molar-refractivity contribution in [1.29, 1.82) is 0 Å². The van der Waals surface area contributed by atoms with Crippen LogP contribution in [0, 0.1) is 0 Å². The summed E-state index contributed by atoms with van der Waals surface area (Å²) in [6, 6.07) is 6.96. The van der Waals surface area contributed by atoms with Crippen LogP contribution < -0.4 is 16.2 Å². The monoisotopic (exact) mass is 391 g/mol. The van der Waals surface area contributed by atoms with Gasteiger partial charge < -0.3 is 9.73 Å². The highest BCUT2D eigenvalue weighted by molar-refractivity contribution is 9.10. The number of carbonyl (C=O) groups excluding carboxylic acids is 2. The Morgan fingerprint density at radius 1 is 1.05 bits per heavy atom. The molecule has 0 spiro atoms. The second-order valence-electron chi connectivity index (χ2n) is 3.77.